The molecule has 0 aliphatic carbocycles. The molecular weight excluding hydrogens is 604 g/mol. The van der Waals surface area contributed by atoms with E-state index in [0.29, 0.717) is 24.2 Å². The molecule has 1 heterocycles. The molecule has 2 atom stereocenters. The third-order valence-electron chi connectivity index (χ3n) is 5.93. The van der Waals surface area contributed by atoms with Gasteiger partial charge in [0.15, 0.2) is 0 Å². The number of carboxylic acid groups (broad SMARTS) is 1. The molecule has 0 aliphatic rings. The molecule has 3 rings (SSSR count). The number of ether oxygens (including phenoxy) is 1. The molecule has 2 amide bonds. The first-order valence-corrected chi connectivity index (χ1v) is 14.4. The predicted octanol–water partition coefficient (Wildman–Crippen LogP) is 1.50. The van der Waals surface area contributed by atoms with Crippen molar-refractivity contribution < 1.29 is 37.4 Å². The normalized spacial score (nSPS) is 12.7. The molecule has 16 heteroatoms. The standard InChI is InChI=1S/C27H34N6O8S.ClH/c1-17(14-33-16-29-22-11-19(5-7-23(22)33)27(38)28-9-10-32(3)4)41-24-12-20(30-18(2)35)6-8-25(24)42(39,40)31-21(15-34)13-26(36)37;/h5-8,11-12,15-17,21,31H,9-10,13-14H2,1-4H3,(H,28,38)(H,30,35)(H,36,37);1H/t17-,21?;/m1./s1. The van der Waals surface area contributed by atoms with Crippen LogP contribution in [0.2, 0.25) is 0 Å². The van der Waals surface area contributed by atoms with Crippen molar-refractivity contribution >= 4 is 63.2 Å². The lowest BCUT2D eigenvalue weighted by atomic mass is 10.2. The van der Waals surface area contributed by atoms with Gasteiger partial charge in [0, 0.05) is 37.3 Å². The molecule has 0 saturated heterocycles. The van der Waals surface area contributed by atoms with E-state index in [-0.39, 0.29) is 53.4 Å². The second-order valence-corrected chi connectivity index (χ2v) is 11.6. The number of halogens is 1. The highest BCUT2D eigenvalue weighted by Crippen LogP contribution is 2.29. The monoisotopic (exact) mass is 638 g/mol. The molecule has 1 unspecified atom stereocenters. The number of aldehydes is 1. The fraction of sp³-hybridized carbons (Fsp3) is 0.370. The third kappa shape index (κ3) is 10.0. The molecule has 0 bridgehead atoms. The average Bonchev–Trinajstić information content (AvgIpc) is 3.28. The van der Waals surface area contributed by atoms with Crippen molar-refractivity contribution in [3.8, 4) is 5.75 Å². The summed E-state index contributed by atoms with van der Waals surface area (Å²) in [5, 5.41) is 14.4. The summed E-state index contributed by atoms with van der Waals surface area (Å²) in [5.74, 6) is -2.08. The van der Waals surface area contributed by atoms with E-state index in [1.54, 1.807) is 36.0 Å². The van der Waals surface area contributed by atoms with Crippen molar-refractivity contribution in [1.29, 1.82) is 0 Å². The van der Waals surface area contributed by atoms with E-state index in [1.807, 2.05) is 19.0 Å². The number of hydrogen-bond donors (Lipinski definition) is 4. The van der Waals surface area contributed by atoms with Gasteiger partial charge in [-0.25, -0.2) is 18.1 Å². The zero-order valence-electron chi connectivity index (χ0n) is 24.1. The zero-order valence-corrected chi connectivity index (χ0v) is 25.7. The summed E-state index contributed by atoms with van der Waals surface area (Å²) < 4.78 is 36.1. The molecule has 0 aliphatic heterocycles. The molecule has 14 nitrogen and oxygen atoms in total. The van der Waals surface area contributed by atoms with Crippen LogP contribution in [0, 0.1) is 0 Å². The van der Waals surface area contributed by atoms with Crippen LogP contribution in [0.4, 0.5) is 5.69 Å². The van der Waals surface area contributed by atoms with Crippen molar-refractivity contribution in [2.24, 2.45) is 0 Å². The number of sulfonamides is 1. The molecule has 4 N–H and O–H groups in total. The first-order valence-electron chi connectivity index (χ1n) is 12.9. The highest BCUT2D eigenvalue weighted by Gasteiger charge is 2.26. The number of anilines is 1. The van der Waals surface area contributed by atoms with Gasteiger partial charge in [0.2, 0.25) is 15.9 Å². The Labute approximate surface area is 255 Å². The first-order chi connectivity index (χ1) is 19.8. The van der Waals surface area contributed by atoms with Gasteiger partial charge in [-0.2, -0.15) is 0 Å². The number of benzene rings is 2. The Morgan fingerprint density at radius 3 is 2.51 bits per heavy atom. The van der Waals surface area contributed by atoms with E-state index in [4.69, 9.17) is 9.84 Å². The summed E-state index contributed by atoms with van der Waals surface area (Å²) in [6.45, 7) is 4.43. The van der Waals surface area contributed by atoms with Crippen molar-refractivity contribution in [3.05, 3.63) is 48.3 Å². The minimum absolute atomic E-state index is 0. The van der Waals surface area contributed by atoms with Crippen LogP contribution in [0.15, 0.2) is 47.6 Å². The number of aromatic nitrogens is 2. The van der Waals surface area contributed by atoms with Gasteiger partial charge in [-0.15, -0.1) is 12.4 Å². The van der Waals surface area contributed by atoms with Crippen LogP contribution in [0.1, 0.15) is 30.6 Å². The fourth-order valence-electron chi connectivity index (χ4n) is 4.05. The molecule has 0 saturated carbocycles. The number of carbonyl (C=O) groups is 4. The SMILES string of the molecule is CC(=O)Nc1ccc(S(=O)(=O)NC(C=O)CC(=O)O)c(O[C@H](C)Cn2cnc3cc(C(=O)NCCN(C)C)ccc32)c1.Cl. The molecule has 234 valence electrons. The van der Waals surface area contributed by atoms with Gasteiger partial charge in [0.05, 0.1) is 36.4 Å². The summed E-state index contributed by atoms with van der Waals surface area (Å²) in [5.41, 5.74) is 2.04. The molecule has 2 aromatic carbocycles. The lowest BCUT2D eigenvalue weighted by Gasteiger charge is -2.20. The van der Waals surface area contributed by atoms with Crippen LogP contribution < -0.4 is 20.1 Å². The zero-order chi connectivity index (χ0) is 31.0. The van der Waals surface area contributed by atoms with Gasteiger partial charge in [0.25, 0.3) is 5.91 Å². The second-order valence-electron chi connectivity index (χ2n) is 9.89. The van der Waals surface area contributed by atoms with E-state index in [9.17, 15) is 27.6 Å². The van der Waals surface area contributed by atoms with Crippen LogP contribution in [-0.2, 0) is 31.0 Å². The van der Waals surface area contributed by atoms with Crippen molar-refractivity contribution in [1.82, 2.24) is 24.5 Å². The Balaban J connectivity index is 0.00000645. The van der Waals surface area contributed by atoms with Gasteiger partial charge in [-0.3, -0.25) is 14.4 Å². The number of fused-ring (bicyclic) bond motifs is 1. The van der Waals surface area contributed by atoms with Crippen LogP contribution >= 0.6 is 12.4 Å². The highest BCUT2D eigenvalue weighted by atomic mass is 35.5. The lowest BCUT2D eigenvalue weighted by Crippen LogP contribution is -2.37. The van der Waals surface area contributed by atoms with E-state index < -0.39 is 34.6 Å². The number of hydrogen-bond acceptors (Lipinski definition) is 9. The van der Waals surface area contributed by atoms with E-state index in [2.05, 4.69) is 20.3 Å². The van der Waals surface area contributed by atoms with Gasteiger partial charge < -0.3 is 34.7 Å². The summed E-state index contributed by atoms with van der Waals surface area (Å²) in [6.07, 6.45) is 0.403. The molecule has 3 aromatic rings. The van der Waals surface area contributed by atoms with Crippen LogP contribution in [-0.4, -0.2) is 91.4 Å². The minimum Gasteiger partial charge on any atom is -0.487 e. The van der Waals surface area contributed by atoms with Crippen molar-refractivity contribution in [2.75, 3.05) is 32.5 Å². The summed E-state index contributed by atoms with van der Waals surface area (Å²) in [7, 11) is -0.574. The van der Waals surface area contributed by atoms with Gasteiger partial charge in [-0.05, 0) is 51.4 Å². The minimum atomic E-state index is -4.40. The quantitative estimate of drug-likeness (QED) is 0.178. The summed E-state index contributed by atoms with van der Waals surface area (Å²) in [4.78, 5) is 52.4. The van der Waals surface area contributed by atoms with E-state index in [1.165, 1.54) is 25.1 Å². The topological polar surface area (TPSA) is 189 Å². The fourth-order valence-corrected chi connectivity index (χ4v) is 5.33. The Morgan fingerprint density at radius 1 is 1.16 bits per heavy atom. The summed E-state index contributed by atoms with van der Waals surface area (Å²) in [6, 6.07) is 7.49. The Bertz CT molecular complexity index is 1580. The molecule has 43 heavy (non-hydrogen) atoms. The Kier molecular flexibility index (Phi) is 12.6. The number of aliphatic carboxylic acids is 1. The predicted molar refractivity (Wildman–Crippen MR) is 161 cm³/mol. The average molecular weight is 639 g/mol. The van der Waals surface area contributed by atoms with Gasteiger partial charge >= 0.3 is 5.97 Å². The van der Waals surface area contributed by atoms with E-state index in [0.717, 1.165) is 5.52 Å². The van der Waals surface area contributed by atoms with Crippen molar-refractivity contribution in [2.45, 2.75) is 43.9 Å². The third-order valence-corrected chi connectivity index (χ3v) is 7.46. The Hall–Kier alpha value is -4.05. The molecule has 0 fully saturated rings. The molecular formula is C27H35ClN6O8S. The van der Waals surface area contributed by atoms with E-state index >= 15 is 0 Å². The number of imidazole rings is 1. The number of rotatable bonds is 15. The second kappa shape index (κ2) is 15.4. The number of carbonyl (C=O) groups excluding carboxylic acids is 3. The van der Waals surface area contributed by atoms with Crippen LogP contribution in [0.3, 0.4) is 0 Å². The van der Waals surface area contributed by atoms with Crippen molar-refractivity contribution in [3.63, 3.8) is 0 Å². The number of carboxylic acids is 1. The first kappa shape index (κ1) is 35.1. The lowest BCUT2D eigenvalue weighted by molar-refractivity contribution is -0.138. The maximum Gasteiger partial charge on any atom is 0.305 e. The number of nitrogens with zero attached hydrogens (tertiary/aromatic N) is 3. The number of amides is 2. The van der Waals surface area contributed by atoms with Gasteiger partial charge in [-0.1, -0.05) is 0 Å². The smallest absolute Gasteiger partial charge is 0.305 e. The van der Waals surface area contributed by atoms with Crippen LogP contribution in [0.5, 0.6) is 5.75 Å². The number of likely N-dealkylation sites (N-methyl/N-ethyl adjacent to an activating group) is 1. The molecule has 0 spiro atoms. The van der Waals surface area contributed by atoms with Crippen LogP contribution in [0.25, 0.3) is 11.0 Å². The largest absolute Gasteiger partial charge is 0.487 e. The number of nitrogens with one attached hydrogen (secondary N) is 3. The molecule has 1 aromatic heterocycles. The Morgan fingerprint density at radius 2 is 1.88 bits per heavy atom. The highest BCUT2D eigenvalue weighted by molar-refractivity contribution is 7.89. The summed E-state index contributed by atoms with van der Waals surface area (Å²) >= 11 is 0. The van der Waals surface area contributed by atoms with Gasteiger partial charge in [0.1, 0.15) is 23.0 Å². The maximum absolute atomic E-state index is 13.1. The molecule has 0 radical (unpaired) electrons. The maximum atomic E-state index is 13.1.